The fourth-order valence-corrected chi connectivity index (χ4v) is 2.28. The van der Waals surface area contributed by atoms with Crippen LogP contribution in [0.5, 0.6) is 0 Å². The molecular weight excluding hydrogens is 208 g/mol. The summed E-state index contributed by atoms with van der Waals surface area (Å²) in [4.78, 5) is 9.30. The van der Waals surface area contributed by atoms with Crippen molar-refractivity contribution in [2.45, 2.75) is 32.1 Å². The van der Waals surface area contributed by atoms with Crippen molar-refractivity contribution in [1.82, 2.24) is 9.97 Å². The van der Waals surface area contributed by atoms with E-state index >= 15 is 0 Å². The van der Waals surface area contributed by atoms with Gasteiger partial charge in [0.25, 0.3) is 0 Å². The van der Waals surface area contributed by atoms with E-state index in [2.05, 4.69) is 24.0 Å². The maximum atomic E-state index is 4.80. The molecule has 0 spiro atoms. The second kappa shape index (κ2) is 4.28. The van der Waals surface area contributed by atoms with Gasteiger partial charge in [0.15, 0.2) is 0 Å². The van der Waals surface area contributed by atoms with Crippen LogP contribution < -0.4 is 0 Å². The number of nitrogens with zero attached hydrogens (tertiary/aromatic N) is 2. The van der Waals surface area contributed by atoms with Crippen LogP contribution >= 0.6 is 0 Å². The second-order valence-corrected chi connectivity index (χ2v) is 4.72. The lowest BCUT2D eigenvalue weighted by Gasteiger charge is -2.26. The molecule has 1 heterocycles. The Morgan fingerprint density at radius 3 is 2.53 bits per heavy atom. The zero-order chi connectivity index (χ0) is 11.7. The molecule has 2 heteroatoms. The minimum absolute atomic E-state index is 0.645. The first-order valence-electron chi connectivity index (χ1n) is 6.23. The molecule has 2 nitrogen and oxygen atoms in total. The third-order valence-corrected chi connectivity index (χ3v) is 3.55. The van der Waals surface area contributed by atoms with Gasteiger partial charge in [0.2, 0.25) is 0 Å². The Hall–Kier alpha value is -1.70. The van der Waals surface area contributed by atoms with Gasteiger partial charge in [-0.15, -0.1) is 0 Å². The van der Waals surface area contributed by atoms with Crippen molar-refractivity contribution in [3.63, 3.8) is 0 Å². The third kappa shape index (κ3) is 1.95. The maximum absolute atomic E-state index is 4.80. The van der Waals surface area contributed by atoms with E-state index in [0.29, 0.717) is 5.92 Å². The Bertz CT molecular complexity index is 516. The third-order valence-electron chi connectivity index (χ3n) is 3.55. The van der Waals surface area contributed by atoms with Crippen molar-refractivity contribution in [3.8, 4) is 11.3 Å². The van der Waals surface area contributed by atoms with Crippen molar-refractivity contribution in [2.24, 2.45) is 0 Å². The molecule has 0 aliphatic heterocycles. The summed E-state index contributed by atoms with van der Waals surface area (Å²) in [5, 5.41) is 0. The van der Waals surface area contributed by atoms with E-state index in [4.69, 9.17) is 4.98 Å². The molecule has 1 saturated carbocycles. The number of hydrogen-bond acceptors (Lipinski definition) is 2. The molecule has 86 valence electrons. The molecule has 0 saturated heterocycles. The first-order valence-corrected chi connectivity index (χ1v) is 6.23. The zero-order valence-corrected chi connectivity index (χ0v) is 10.1. The molecule has 17 heavy (non-hydrogen) atoms. The summed E-state index contributed by atoms with van der Waals surface area (Å²) in [5.74, 6) is 0.645. The van der Waals surface area contributed by atoms with Gasteiger partial charge in [0.05, 0.1) is 23.3 Å². The zero-order valence-electron chi connectivity index (χ0n) is 10.1. The predicted molar refractivity (Wildman–Crippen MR) is 68.8 cm³/mol. The van der Waals surface area contributed by atoms with Crippen LogP contribution in [0.4, 0.5) is 0 Å². The van der Waals surface area contributed by atoms with Gasteiger partial charge >= 0.3 is 0 Å². The molecule has 0 bridgehead atoms. The van der Waals surface area contributed by atoms with E-state index < -0.39 is 0 Å². The van der Waals surface area contributed by atoms with E-state index in [9.17, 15) is 0 Å². The monoisotopic (exact) mass is 224 g/mol. The summed E-state index contributed by atoms with van der Waals surface area (Å²) in [6.07, 6.45) is 5.76. The summed E-state index contributed by atoms with van der Waals surface area (Å²) in [5.41, 5.74) is 4.45. The molecule has 1 aliphatic carbocycles. The van der Waals surface area contributed by atoms with Crippen molar-refractivity contribution < 1.29 is 0 Å². The first-order chi connectivity index (χ1) is 8.34. The van der Waals surface area contributed by atoms with Crippen LogP contribution in [0.2, 0.25) is 0 Å². The summed E-state index contributed by atoms with van der Waals surface area (Å²) >= 11 is 0. The van der Waals surface area contributed by atoms with Crippen LogP contribution in [0.25, 0.3) is 11.3 Å². The molecule has 1 aromatic carbocycles. The minimum Gasteiger partial charge on any atom is -0.257 e. The average Bonchev–Trinajstić information content (AvgIpc) is 2.31. The predicted octanol–water partition coefficient (Wildman–Crippen LogP) is 3.72. The largest absolute Gasteiger partial charge is 0.257 e. The Kier molecular flexibility index (Phi) is 2.63. The summed E-state index contributed by atoms with van der Waals surface area (Å²) in [6, 6.07) is 10.3. The maximum Gasteiger partial charge on any atom is 0.0888 e. The Labute approximate surface area is 102 Å². The highest BCUT2D eigenvalue weighted by Gasteiger charge is 2.23. The number of benzene rings is 1. The van der Waals surface area contributed by atoms with E-state index in [1.54, 1.807) is 0 Å². The molecule has 0 unspecified atom stereocenters. The van der Waals surface area contributed by atoms with Gasteiger partial charge in [-0.3, -0.25) is 4.98 Å². The molecule has 0 N–H and O–H groups in total. The van der Waals surface area contributed by atoms with E-state index in [0.717, 1.165) is 17.0 Å². The Morgan fingerprint density at radius 1 is 1.12 bits per heavy atom. The average molecular weight is 224 g/mol. The Balaban J connectivity index is 2.01. The molecule has 1 aliphatic rings. The van der Waals surface area contributed by atoms with Crippen molar-refractivity contribution in [2.75, 3.05) is 0 Å². The summed E-state index contributed by atoms with van der Waals surface area (Å²) < 4.78 is 0. The standard InChI is InChI=1S/C15H16N2/c1-11-15(13-8-5-9-13)17-14(10-16-11)12-6-3-2-4-7-12/h2-4,6-7,10,13H,5,8-9H2,1H3. The van der Waals surface area contributed by atoms with Gasteiger partial charge in [-0.1, -0.05) is 36.8 Å². The van der Waals surface area contributed by atoms with E-state index in [1.165, 1.54) is 25.0 Å². The van der Waals surface area contributed by atoms with Gasteiger partial charge in [0, 0.05) is 11.5 Å². The number of aryl methyl sites for hydroxylation is 1. The van der Waals surface area contributed by atoms with Crippen LogP contribution in [0.3, 0.4) is 0 Å². The van der Waals surface area contributed by atoms with Crippen molar-refractivity contribution in [3.05, 3.63) is 47.9 Å². The van der Waals surface area contributed by atoms with Crippen LogP contribution in [0, 0.1) is 6.92 Å². The fraction of sp³-hybridized carbons (Fsp3) is 0.333. The lowest BCUT2D eigenvalue weighted by molar-refractivity contribution is 0.408. The molecule has 2 aromatic rings. The second-order valence-electron chi connectivity index (χ2n) is 4.72. The minimum atomic E-state index is 0.645. The highest BCUT2D eigenvalue weighted by molar-refractivity contribution is 5.58. The summed E-state index contributed by atoms with van der Waals surface area (Å²) in [7, 11) is 0. The quantitative estimate of drug-likeness (QED) is 0.777. The lowest BCUT2D eigenvalue weighted by atomic mass is 9.82. The Morgan fingerprint density at radius 2 is 1.88 bits per heavy atom. The number of aromatic nitrogens is 2. The van der Waals surface area contributed by atoms with Crippen molar-refractivity contribution >= 4 is 0 Å². The number of rotatable bonds is 2. The smallest absolute Gasteiger partial charge is 0.0888 e. The summed E-state index contributed by atoms with van der Waals surface area (Å²) in [6.45, 7) is 2.06. The molecule has 0 amide bonds. The normalized spacial score (nSPS) is 15.6. The first kappa shape index (κ1) is 10.5. The van der Waals surface area contributed by atoms with E-state index in [1.807, 2.05) is 24.4 Å². The van der Waals surface area contributed by atoms with Crippen LogP contribution in [-0.2, 0) is 0 Å². The SMILES string of the molecule is Cc1ncc(-c2ccccc2)nc1C1CCC1. The lowest BCUT2D eigenvalue weighted by Crippen LogP contribution is -2.13. The van der Waals surface area contributed by atoms with Gasteiger partial charge in [-0.2, -0.15) is 0 Å². The van der Waals surface area contributed by atoms with Gasteiger partial charge in [0.1, 0.15) is 0 Å². The van der Waals surface area contributed by atoms with Gasteiger partial charge < -0.3 is 0 Å². The van der Waals surface area contributed by atoms with Crippen LogP contribution in [-0.4, -0.2) is 9.97 Å². The molecule has 3 rings (SSSR count). The molecule has 1 aromatic heterocycles. The van der Waals surface area contributed by atoms with E-state index in [-0.39, 0.29) is 0 Å². The highest BCUT2D eigenvalue weighted by Crippen LogP contribution is 2.36. The fourth-order valence-electron chi connectivity index (χ4n) is 2.28. The van der Waals surface area contributed by atoms with Crippen LogP contribution in [0.15, 0.2) is 36.5 Å². The van der Waals surface area contributed by atoms with Crippen molar-refractivity contribution in [1.29, 1.82) is 0 Å². The van der Waals surface area contributed by atoms with Crippen LogP contribution in [0.1, 0.15) is 36.6 Å². The molecule has 0 radical (unpaired) electrons. The molecule has 0 atom stereocenters. The number of hydrogen-bond donors (Lipinski definition) is 0. The topological polar surface area (TPSA) is 25.8 Å². The molecule has 1 fully saturated rings. The van der Waals surface area contributed by atoms with Gasteiger partial charge in [-0.05, 0) is 19.8 Å². The molecular formula is C15H16N2. The van der Waals surface area contributed by atoms with Gasteiger partial charge in [-0.25, -0.2) is 4.98 Å². The highest BCUT2D eigenvalue weighted by atomic mass is 14.8.